The molecule has 0 saturated carbocycles. The second-order valence-corrected chi connectivity index (χ2v) is 6.17. The third-order valence-electron chi connectivity index (χ3n) is 3.78. The summed E-state index contributed by atoms with van der Waals surface area (Å²) < 4.78 is 5.42. The van der Waals surface area contributed by atoms with Crippen molar-refractivity contribution in [2.75, 3.05) is 5.32 Å². The molecule has 2 aromatic heterocycles. The van der Waals surface area contributed by atoms with Gasteiger partial charge in [0.1, 0.15) is 5.00 Å². The van der Waals surface area contributed by atoms with Crippen molar-refractivity contribution in [2.45, 2.75) is 12.8 Å². The van der Waals surface area contributed by atoms with E-state index in [1.807, 2.05) is 30.3 Å². The van der Waals surface area contributed by atoms with E-state index in [4.69, 9.17) is 10.3 Å². The number of benzene rings is 1. The van der Waals surface area contributed by atoms with Gasteiger partial charge in [0.25, 0.3) is 5.91 Å². The first kappa shape index (κ1) is 13.1. The van der Waals surface area contributed by atoms with Crippen LogP contribution in [0.2, 0.25) is 0 Å². The lowest BCUT2D eigenvalue weighted by molar-refractivity contribution is 0.100. The lowest BCUT2D eigenvalue weighted by Crippen LogP contribution is -2.13. The summed E-state index contributed by atoms with van der Waals surface area (Å²) in [6.45, 7) is 0. The minimum atomic E-state index is -0.398. The van der Waals surface area contributed by atoms with Gasteiger partial charge >= 0.3 is 0 Å². The molecule has 0 atom stereocenters. The molecule has 2 heterocycles. The van der Waals surface area contributed by atoms with Crippen LogP contribution >= 0.6 is 11.3 Å². The number of rotatable bonds is 3. The van der Waals surface area contributed by atoms with Gasteiger partial charge in [-0.25, -0.2) is 0 Å². The molecule has 4 rings (SSSR count). The molecule has 0 fully saturated rings. The van der Waals surface area contributed by atoms with Gasteiger partial charge in [0, 0.05) is 11.3 Å². The first-order valence-electron chi connectivity index (χ1n) is 6.95. The molecule has 3 N–H and O–H groups in total. The molecule has 0 aliphatic heterocycles. The monoisotopic (exact) mass is 311 g/mol. The zero-order valence-electron chi connectivity index (χ0n) is 11.6. The molecule has 1 aromatic carbocycles. The zero-order chi connectivity index (χ0) is 15.1. The average Bonchev–Trinajstić information content (AvgIpc) is 3.12. The van der Waals surface area contributed by atoms with Crippen LogP contribution in [-0.4, -0.2) is 11.1 Å². The lowest BCUT2D eigenvalue weighted by atomic mass is 9.92. The Morgan fingerprint density at radius 2 is 2.09 bits per heavy atom. The molecule has 0 spiro atoms. The number of primary amides is 1. The second kappa shape index (κ2) is 4.99. The summed E-state index contributed by atoms with van der Waals surface area (Å²) in [5.74, 6) is 0.341. The number of hydrogen-bond acceptors (Lipinski definition) is 5. The number of hydrogen-bond donors (Lipinski definition) is 2. The van der Waals surface area contributed by atoms with Gasteiger partial charge in [-0.05, 0) is 30.5 Å². The van der Waals surface area contributed by atoms with E-state index in [1.54, 1.807) is 6.20 Å². The third kappa shape index (κ3) is 2.00. The fraction of sp³-hybridized carbons (Fsp3) is 0.125. The smallest absolute Gasteiger partial charge is 0.259 e. The van der Waals surface area contributed by atoms with E-state index in [-0.39, 0.29) is 0 Å². The van der Waals surface area contributed by atoms with Crippen molar-refractivity contribution < 1.29 is 9.32 Å². The van der Waals surface area contributed by atoms with Crippen LogP contribution in [0.25, 0.3) is 11.3 Å². The molecular weight excluding hydrogens is 298 g/mol. The summed E-state index contributed by atoms with van der Waals surface area (Å²) in [6, 6.07) is 9.81. The SMILES string of the molecule is NC(=O)c1sc(Nc2ccccc2)c2c1CCc1cnoc1-2. The summed E-state index contributed by atoms with van der Waals surface area (Å²) in [5, 5.41) is 8.12. The number of nitrogens with one attached hydrogen (secondary N) is 1. The largest absolute Gasteiger partial charge is 0.365 e. The third-order valence-corrected chi connectivity index (χ3v) is 4.94. The van der Waals surface area contributed by atoms with E-state index < -0.39 is 5.91 Å². The van der Waals surface area contributed by atoms with Crippen molar-refractivity contribution in [2.24, 2.45) is 5.73 Å². The van der Waals surface area contributed by atoms with Crippen molar-refractivity contribution >= 4 is 27.9 Å². The average molecular weight is 311 g/mol. The first-order chi connectivity index (χ1) is 10.7. The Hall–Kier alpha value is -2.60. The second-order valence-electron chi connectivity index (χ2n) is 5.15. The summed E-state index contributed by atoms with van der Waals surface area (Å²) in [7, 11) is 0. The number of nitrogens with zero attached hydrogens (tertiary/aromatic N) is 1. The van der Waals surface area contributed by atoms with Gasteiger partial charge in [-0.1, -0.05) is 23.4 Å². The molecular formula is C16H13N3O2S. The molecule has 5 nitrogen and oxygen atoms in total. The predicted molar refractivity (Wildman–Crippen MR) is 85.5 cm³/mol. The summed E-state index contributed by atoms with van der Waals surface area (Å²) in [5.41, 5.74) is 9.43. The number of para-hydroxylation sites is 1. The van der Waals surface area contributed by atoms with Gasteiger partial charge in [-0.2, -0.15) is 0 Å². The number of aromatic nitrogens is 1. The number of thiophene rings is 1. The minimum Gasteiger partial charge on any atom is -0.365 e. The van der Waals surface area contributed by atoms with Crippen molar-refractivity contribution in [3.63, 3.8) is 0 Å². The van der Waals surface area contributed by atoms with Crippen LogP contribution in [0.1, 0.15) is 20.8 Å². The first-order valence-corrected chi connectivity index (χ1v) is 7.77. The molecule has 1 aliphatic rings. The molecule has 6 heteroatoms. The molecule has 0 saturated heterocycles. The van der Waals surface area contributed by atoms with Crippen molar-refractivity contribution in [1.82, 2.24) is 5.16 Å². The predicted octanol–water partition coefficient (Wildman–Crippen LogP) is 3.34. The molecule has 1 amide bonds. The maximum atomic E-state index is 11.7. The van der Waals surface area contributed by atoms with Crippen LogP contribution in [0.5, 0.6) is 0 Å². The summed E-state index contributed by atoms with van der Waals surface area (Å²) in [6.07, 6.45) is 3.33. The topological polar surface area (TPSA) is 81.2 Å². The molecule has 0 unspecified atom stereocenters. The zero-order valence-corrected chi connectivity index (χ0v) is 12.4. The van der Waals surface area contributed by atoms with E-state index in [0.717, 1.165) is 46.0 Å². The Bertz CT molecular complexity index is 852. The molecule has 22 heavy (non-hydrogen) atoms. The molecule has 1 aliphatic carbocycles. The highest BCUT2D eigenvalue weighted by atomic mass is 32.1. The Labute approximate surface area is 130 Å². The Balaban J connectivity index is 1.88. The number of carbonyl (C=O) groups is 1. The minimum absolute atomic E-state index is 0.398. The molecule has 0 radical (unpaired) electrons. The Kier molecular flexibility index (Phi) is 2.97. The number of fused-ring (bicyclic) bond motifs is 3. The van der Waals surface area contributed by atoms with Crippen LogP contribution in [0.4, 0.5) is 10.7 Å². The number of aryl methyl sites for hydroxylation is 1. The van der Waals surface area contributed by atoms with Gasteiger partial charge in [0.15, 0.2) is 5.76 Å². The van der Waals surface area contributed by atoms with Crippen LogP contribution in [0.15, 0.2) is 41.1 Å². The number of anilines is 2. The quantitative estimate of drug-likeness (QED) is 0.777. The van der Waals surface area contributed by atoms with Crippen LogP contribution in [0.3, 0.4) is 0 Å². The standard InChI is InChI=1S/C16H13N3O2S/c17-15(20)14-11-7-6-9-8-18-21-13(9)12(11)16(22-14)19-10-4-2-1-3-5-10/h1-5,8,19H,6-7H2,(H2,17,20). The number of carbonyl (C=O) groups excluding carboxylic acids is 1. The van der Waals surface area contributed by atoms with E-state index >= 15 is 0 Å². The fourth-order valence-electron chi connectivity index (χ4n) is 2.79. The van der Waals surface area contributed by atoms with E-state index in [2.05, 4.69) is 10.5 Å². The van der Waals surface area contributed by atoms with Gasteiger partial charge in [-0.15, -0.1) is 11.3 Å². The molecule has 3 aromatic rings. The highest BCUT2D eigenvalue weighted by Crippen LogP contribution is 2.46. The van der Waals surface area contributed by atoms with Crippen molar-refractivity contribution in [3.05, 3.63) is 52.5 Å². The summed E-state index contributed by atoms with van der Waals surface area (Å²) in [4.78, 5) is 12.3. The van der Waals surface area contributed by atoms with Gasteiger partial charge < -0.3 is 15.6 Å². The Morgan fingerprint density at radius 3 is 2.86 bits per heavy atom. The van der Waals surface area contributed by atoms with Gasteiger partial charge in [-0.3, -0.25) is 4.79 Å². The van der Waals surface area contributed by atoms with Gasteiger partial charge in [0.05, 0.1) is 16.6 Å². The number of nitrogens with two attached hydrogens (primary N) is 1. The fourth-order valence-corrected chi connectivity index (χ4v) is 3.91. The summed E-state index contributed by atoms with van der Waals surface area (Å²) >= 11 is 1.37. The van der Waals surface area contributed by atoms with Crippen molar-refractivity contribution in [3.8, 4) is 11.3 Å². The van der Waals surface area contributed by atoms with Crippen LogP contribution < -0.4 is 11.1 Å². The highest BCUT2D eigenvalue weighted by molar-refractivity contribution is 7.18. The van der Waals surface area contributed by atoms with E-state index in [0.29, 0.717) is 4.88 Å². The lowest BCUT2D eigenvalue weighted by Gasteiger charge is -2.13. The van der Waals surface area contributed by atoms with E-state index in [9.17, 15) is 4.79 Å². The maximum Gasteiger partial charge on any atom is 0.259 e. The number of amides is 1. The van der Waals surface area contributed by atoms with E-state index in [1.165, 1.54) is 11.3 Å². The Morgan fingerprint density at radius 1 is 1.27 bits per heavy atom. The maximum absolute atomic E-state index is 11.7. The molecule has 0 bridgehead atoms. The van der Waals surface area contributed by atoms with Crippen LogP contribution in [0, 0.1) is 0 Å². The van der Waals surface area contributed by atoms with Gasteiger partial charge in [0.2, 0.25) is 0 Å². The van der Waals surface area contributed by atoms with Crippen LogP contribution in [-0.2, 0) is 12.8 Å². The molecule has 110 valence electrons. The van der Waals surface area contributed by atoms with Crippen molar-refractivity contribution in [1.29, 1.82) is 0 Å². The normalized spacial score (nSPS) is 12.5. The highest BCUT2D eigenvalue weighted by Gasteiger charge is 2.30.